The van der Waals surface area contributed by atoms with E-state index >= 15 is 0 Å². The molecular formula is C14H9BrFN3. The molecule has 0 saturated heterocycles. The Morgan fingerprint density at radius 1 is 1.05 bits per heavy atom. The van der Waals surface area contributed by atoms with Gasteiger partial charge in [-0.15, -0.1) is 0 Å². The van der Waals surface area contributed by atoms with Gasteiger partial charge in [0.25, 0.3) is 0 Å². The van der Waals surface area contributed by atoms with Crippen LogP contribution in [0.5, 0.6) is 0 Å². The number of hydrogen-bond donors (Lipinski definition) is 0. The summed E-state index contributed by atoms with van der Waals surface area (Å²) < 4.78 is 15.8. The number of pyridine rings is 1. The van der Waals surface area contributed by atoms with Crippen LogP contribution in [0.25, 0.3) is 16.9 Å². The van der Waals surface area contributed by atoms with Crippen molar-refractivity contribution in [2.75, 3.05) is 0 Å². The van der Waals surface area contributed by atoms with Gasteiger partial charge in [0.1, 0.15) is 5.82 Å². The van der Waals surface area contributed by atoms with Gasteiger partial charge < -0.3 is 0 Å². The van der Waals surface area contributed by atoms with Crippen LogP contribution >= 0.6 is 15.9 Å². The van der Waals surface area contributed by atoms with Crippen molar-refractivity contribution in [3.63, 3.8) is 0 Å². The van der Waals surface area contributed by atoms with Gasteiger partial charge in [-0.05, 0) is 45.8 Å². The summed E-state index contributed by atoms with van der Waals surface area (Å²) in [6, 6.07) is 10.2. The Hall–Kier alpha value is -2.01. The van der Waals surface area contributed by atoms with Crippen LogP contribution in [0.1, 0.15) is 0 Å². The first-order valence-corrected chi connectivity index (χ1v) is 6.44. The highest BCUT2D eigenvalue weighted by Crippen LogP contribution is 2.20. The molecule has 0 aliphatic rings. The molecule has 0 spiro atoms. The predicted molar refractivity (Wildman–Crippen MR) is 74.5 cm³/mol. The van der Waals surface area contributed by atoms with Crippen molar-refractivity contribution in [1.82, 2.24) is 14.8 Å². The molecule has 0 aliphatic heterocycles. The average molecular weight is 318 g/mol. The number of nitrogens with zero attached hydrogens (tertiary/aromatic N) is 3. The summed E-state index contributed by atoms with van der Waals surface area (Å²) in [5, 5.41) is 4.24. The summed E-state index contributed by atoms with van der Waals surface area (Å²) in [6.07, 6.45) is 5.22. The Kier molecular flexibility index (Phi) is 3.13. The van der Waals surface area contributed by atoms with Gasteiger partial charge in [-0.3, -0.25) is 0 Å². The standard InChI is InChI=1S/C14H9BrFN3/c15-12-4-5-14(17-8-12)19-9-11(7-18-19)10-2-1-3-13(16)6-10/h1-9H. The molecule has 0 N–H and O–H groups in total. The maximum Gasteiger partial charge on any atom is 0.153 e. The van der Waals surface area contributed by atoms with Gasteiger partial charge in [-0.2, -0.15) is 5.10 Å². The summed E-state index contributed by atoms with van der Waals surface area (Å²) in [4.78, 5) is 4.25. The first-order valence-electron chi connectivity index (χ1n) is 5.65. The third-order valence-electron chi connectivity index (χ3n) is 2.69. The van der Waals surface area contributed by atoms with E-state index in [0.29, 0.717) is 5.82 Å². The summed E-state index contributed by atoms with van der Waals surface area (Å²) in [5.41, 5.74) is 1.65. The molecule has 0 unspecified atom stereocenters. The Balaban J connectivity index is 1.97. The van der Waals surface area contributed by atoms with E-state index in [1.807, 2.05) is 24.4 Å². The van der Waals surface area contributed by atoms with Gasteiger partial charge in [-0.25, -0.2) is 14.1 Å². The van der Waals surface area contributed by atoms with Gasteiger partial charge >= 0.3 is 0 Å². The molecule has 0 saturated carbocycles. The molecular weight excluding hydrogens is 309 g/mol. The molecule has 0 bridgehead atoms. The van der Waals surface area contributed by atoms with E-state index < -0.39 is 0 Å². The van der Waals surface area contributed by atoms with E-state index in [1.165, 1.54) is 12.1 Å². The van der Waals surface area contributed by atoms with Crippen molar-refractivity contribution in [2.24, 2.45) is 0 Å². The van der Waals surface area contributed by atoms with E-state index in [-0.39, 0.29) is 5.82 Å². The van der Waals surface area contributed by atoms with Crippen molar-refractivity contribution >= 4 is 15.9 Å². The highest BCUT2D eigenvalue weighted by molar-refractivity contribution is 9.10. The minimum absolute atomic E-state index is 0.257. The molecule has 3 aromatic rings. The molecule has 19 heavy (non-hydrogen) atoms. The Bertz CT molecular complexity index is 707. The number of hydrogen-bond acceptors (Lipinski definition) is 2. The molecule has 0 atom stereocenters. The van der Waals surface area contributed by atoms with Gasteiger partial charge in [0.05, 0.1) is 6.20 Å². The Morgan fingerprint density at radius 2 is 1.95 bits per heavy atom. The van der Waals surface area contributed by atoms with Gasteiger partial charge in [0.2, 0.25) is 0 Å². The molecule has 2 heterocycles. The second kappa shape index (κ2) is 4.93. The lowest BCUT2D eigenvalue weighted by Crippen LogP contribution is -1.96. The zero-order valence-corrected chi connectivity index (χ0v) is 11.4. The van der Waals surface area contributed by atoms with Crippen LogP contribution in [-0.4, -0.2) is 14.8 Å². The minimum atomic E-state index is -0.257. The van der Waals surface area contributed by atoms with Crippen LogP contribution in [0.4, 0.5) is 4.39 Å². The predicted octanol–water partition coefficient (Wildman–Crippen LogP) is 3.84. The highest BCUT2D eigenvalue weighted by Gasteiger charge is 2.05. The highest BCUT2D eigenvalue weighted by atomic mass is 79.9. The smallest absolute Gasteiger partial charge is 0.153 e. The maximum absolute atomic E-state index is 13.2. The van der Waals surface area contributed by atoms with Crippen molar-refractivity contribution in [2.45, 2.75) is 0 Å². The van der Waals surface area contributed by atoms with E-state index in [4.69, 9.17) is 0 Å². The van der Waals surface area contributed by atoms with Gasteiger partial charge in [0, 0.05) is 22.4 Å². The molecule has 0 fully saturated rings. The second-order valence-electron chi connectivity index (χ2n) is 4.02. The normalized spacial score (nSPS) is 10.6. The molecule has 3 rings (SSSR count). The van der Waals surface area contributed by atoms with Crippen LogP contribution < -0.4 is 0 Å². The molecule has 0 amide bonds. The van der Waals surface area contributed by atoms with Crippen LogP contribution in [0.2, 0.25) is 0 Å². The van der Waals surface area contributed by atoms with E-state index in [0.717, 1.165) is 15.6 Å². The molecule has 3 nitrogen and oxygen atoms in total. The van der Waals surface area contributed by atoms with Crippen LogP contribution in [0.3, 0.4) is 0 Å². The summed E-state index contributed by atoms with van der Waals surface area (Å²) in [5.74, 6) is 0.456. The molecule has 5 heteroatoms. The lowest BCUT2D eigenvalue weighted by molar-refractivity contribution is 0.628. The molecule has 2 aromatic heterocycles. The molecule has 0 aliphatic carbocycles. The first-order chi connectivity index (χ1) is 9.22. The zero-order valence-electron chi connectivity index (χ0n) is 9.79. The summed E-state index contributed by atoms with van der Waals surface area (Å²) in [7, 11) is 0. The third-order valence-corrected chi connectivity index (χ3v) is 3.16. The summed E-state index contributed by atoms with van der Waals surface area (Å²) >= 11 is 3.33. The number of rotatable bonds is 2. The van der Waals surface area contributed by atoms with E-state index in [9.17, 15) is 4.39 Å². The fourth-order valence-electron chi connectivity index (χ4n) is 1.77. The number of aromatic nitrogens is 3. The minimum Gasteiger partial charge on any atom is -0.236 e. The van der Waals surface area contributed by atoms with Gasteiger partial charge in [-0.1, -0.05) is 12.1 Å². The fourth-order valence-corrected chi connectivity index (χ4v) is 2.00. The second-order valence-corrected chi connectivity index (χ2v) is 4.93. The molecule has 1 aromatic carbocycles. The van der Waals surface area contributed by atoms with Crippen molar-refractivity contribution in [1.29, 1.82) is 0 Å². The monoisotopic (exact) mass is 317 g/mol. The number of benzene rings is 1. The molecule has 94 valence electrons. The third kappa shape index (κ3) is 2.56. The largest absolute Gasteiger partial charge is 0.236 e. The van der Waals surface area contributed by atoms with Crippen molar-refractivity contribution in [3.05, 3.63) is 65.3 Å². The lowest BCUT2D eigenvalue weighted by Gasteiger charge is -1.99. The quantitative estimate of drug-likeness (QED) is 0.719. The Labute approximate surface area is 117 Å². The van der Waals surface area contributed by atoms with E-state index in [2.05, 4.69) is 26.0 Å². The molecule has 0 radical (unpaired) electrons. The summed E-state index contributed by atoms with van der Waals surface area (Å²) in [6.45, 7) is 0. The average Bonchev–Trinajstić information content (AvgIpc) is 2.89. The fraction of sp³-hybridized carbons (Fsp3) is 0. The zero-order chi connectivity index (χ0) is 13.2. The SMILES string of the molecule is Fc1cccc(-c2cnn(-c3ccc(Br)cn3)c2)c1. The van der Waals surface area contributed by atoms with Crippen LogP contribution in [-0.2, 0) is 0 Å². The lowest BCUT2D eigenvalue weighted by atomic mass is 10.1. The van der Waals surface area contributed by atoms with Crippen LogP contribution in [0.15, 0.2) is 59.5 Å². The van der Waals surface area contributed by atoms with E-state index in [1.54, 1.807) is 23.1 Å². The number of halogens is 2. The van der Waals surface area contributed by atoms with Crippen molar-refractivity contribution < 1.29 is 4.39 Å². The van der Waals surface area contributed by atoms with Crippen LogP contribution in [0, 0.1) is 5.82 Å². The Morgan fingerprint density at radius 3 is 2.68 bits per heavy atom. The first kappa shape index (κ1) is 12.0. The topological polar surface area (TPSA) is 30.7 Å². The maximum atomic E-state index is 13.2. The van der Waals surface area contributed by atoms with Gasteiger partial charge in [0.15, 0.2) is 5.82 Å². The van der Waals surface area contributed by atoms with Crippen molar-refractivity contribution in [3.8, 4) is 16.9 Å².